The maximum absolute atomic E-state index is 12.6. The van der Waals surface area contributed by atoms with E-state index >= 15 is 0 Å². The number of rotatable bonds is 6. The molecule has 1 aliphatic rings. The van der Waals surface area contributed by atoms with Crippen molar-refractivity contribution in [2.75, 3.05) is 23.4 Å². The summed E-state index contributed by atoms with van der Waals surface area (Å²) in [5, 5.41) is 2.82. The number of anilines is 2. The number of ether oxygens (including phenoxy) is 2. The largest absolute Gasteiger partial charge is 0.457 e. The van der Waals surface area contributed by atoms with Crippen molar-refractivity contribution >= 4 is 29.3 Å². The molecular formula is C23H19N3O5. The Hall–Kier alpha value is -4.33. The minimum Gasteiger partial charge on any atom is -0.457 e. The highest BCUT2D eigenvalue weighted by Gasteiger charge is 2.23. The second-order valence-corrected chi connectivity index (χ2v) is 6.79. The van der Waals surface area contributed by atoms with Crippen molar-refractivity contribution in [3.63, 3.8) is 0 Å². The van der Waals surface area contributed by atoms with Crippen LogP contribution in [0.15, 0.2) is 72.8 Å². The zero-order chi connectivity index (χ0) is 21.8. The van der Waals surface area contributed by atoms with Gasteiger partial charge in [0.05, 0.1) is 6.54 Å². The lowest BCUT2D eigenvalue weighted by Gasteiger charge is -2.14. The molecule has 0 spiro atoms. The predicted molar refractivity (Wildman–Crippen MR) is 115 cm³/mol. The molecule has 3 amide bonds. The molecule has 3 aromatic carbocycles. The lowest BCUT2D eigenvalue weighted by Crippen LogP contribution is -2.23. The van der Waals surface area contributed by atoms with Gasteiger partial charge in [-0.05, 0) is 66.7 Å². The first-order valence-corrected chi connectivity index (χ1v) is 9.53. The zero-order valence-corrected chi connectivity index (χ0v) is 16.4. The Balaban J connectivity index is 1.40. The topological polar surface area (TPSA) is 111 Å². The molecule has 0 atom stereocenters. The van der Waals surface area contributed by atoms with Crippen molar-refractivity contribution in [2.45, 2.75) is 0 Å². The number of nitrogens with zero attached hydrogens (tertiary/aromatic N) is 1. The molecule has 8 nitrogen and oxygen atoms in total. The third kappa shape index (κ3) is 4.64. The van der Waals surface area contributed by atoms with E-state index in [0.29, 0.717) is 47.2 Å². The fraction of sp³-hybridized carbons (Fsp3) is 0.0870. The van der Waals surface area contributed by atoms with E-state index in [1.54, 1.807) is 72.8 Å². The van der Waals surface area contributed by atoms with Gasteiger partial charge in [0.15, 0.2) is 0 Å². The van der Waals surface area contributed by atoms with E-state index in [0.717, 1.165) is 0 Å². The van der Waals surface area contributed by atoms with E-state index in [9.17, 15) is 14.4 Å². The highest BCUT2D eigenvalue weighted by atomic mass is 16.6. The Bertz CT molecular complexity index is 1130. The van der Waals surface area contributed by atoms with Gasteiger partial charge in [-0.2, -0.15) is 0 Å². The average Bonchev–Trinajstić information content (AvgIpc) is 3.21. The number of cyclic esters (lactones) is 1. The molecule has 3 N–H and O–H groups in total. The molecule has 0 bridgehead atoms. The highest BCUT2D eigenvalue weighted by Crippen LogP contribution is 2.24. The Morgan fingerprint density at radius 3 is 2.16 bits per heavy atom. The molecule has 1 heterocycles. The van der Waals surface area contributed by atoms with Crippen LogP contribution in [0.5, 0.6) is 11.5 Å². The summed E-state index contributed by atoms with van der Waals surface area (Å²) in [7, 11) is 0. The van der Waals surface area contributed by atoms with Gasteiger partial charge in [-0.3, -0.25) is 14.5 Å². The predicted octanol–water partition coefficient (Wildman–Crippen LogP) is 3.79. The van der Waals surface area contributed by atoms with Crippen molar-refractivity contribution in [1.82, 2.24) is 0 Å². The molecule has 0 radical (unpaired) electrons. The Morgan fingerprint density at radius 1 is 0.935 bits per heavy atom. The number of hydrogen-bond donors (Lipinski definition) is 2. The minimum absolute atomic E-state index is 0.293. The van der Waals surface area contributed by atoms with Crippen LogP contribution in [-0.2, 0) is 4.74 Å². The lowest BCUT2D eigenvalue weighted by molar-refractivity contribution is 0.0997. The van der Waals surface area contributed by atoms with Crippen LogP contribution in [0.2, 0.25) is 0 Å². The molecule has 1 aliphatic heterocycles. The molecule has 1 fully saturated rings. The van der Waals surface area contributed by atoms with Crippen molar-refractivity contribution in [3.05, 3.63) is 83.9 Å². The fourth-order valence-corrected chi connectivity index (χ4v) is 3.08. The van der Waals surface area contributed by atoms with E-state index < -0.39 is 12.0 Å². The summed E-state index contributed by atoms with van der Waals surface area (Å²) >= 11 is 0. The first-order chi connectivity index (χ1) is 15.0. The smallest absolute Gasteiger partial charge is 0.414 e. The van der Waals surface area contributed by atoms with Gasteiger partial charge in [-0.15, -0.1) is 0 Å². The molecular weight excluding hydrogens is 398 g/mol. The summed E-state index contributed by atoms with van der Waals surface area (Å²) in [6, 6.07) is 20.1. The summed E-state index contributed by atoms with van der Waals surface area (Å²) in [4.78, 5) is 36.9. The van der Waals surface area contributed by atoms with Crippen LogP contribution >= 0.6 is 0 Å². The van der Waals surface area contributed by atoms with Gasteiger partial charge in [0.1, 0.15) is 18.1 Å². The number of nitrogens with one attached hydrogen (secondary N) is 1. The van der Waals surface area contributed by atoms with E-state index in [-0.39, 0.29) is 5.91 Å². The Morgan fingerprint density at radius 2 is 1.58 bits per heavy atom. The van der Waals surface area contributed by atoms with Gasteiger partial charge < -0.3 is 20.5 Å². The normalized spacial score (nSPS) is 12.9. The molecule has 4 rings (SSSR count). The van der Waals surface area contributed by atoms with Crippen LogP contribution in [0.25, 0.3) is 0 Å². The summed E-state index contributed by atoms with van der Waals surface area (Å²) in [5.74, 6) is 0.281. The third-order valence-electron chi connectivity index (χ3n) is 4.67. The van der Waals surface area contributed by atoms with Crippen molar-refractivity contribution in [1.29, 1.82) is 0 Å². The van der Waals surface area contributed by atoms with Crippen molar-refractivity contribution in [2.24, 2.45) is 5.73 Å². The second kappa shape index (κ2) is 8.58. The summed E-state index contributed by atoms with van der Waals surface area (Å²) in [5.41, 5.74) is 7.29. The molecule has 0 aromatic heterocycles. The van der Waals surface area contributed by atoms with E-state index in [1.807, 2.05) is 0 Å². The third-order valence-corrected chi connectivity index (χ3v) is 4.67. The standard InChI is InChI=1S/C23H19N3O5/c24-21(27)15-4-8-19(9-5-15)31-20-10-6-16(7-11-20)22(28)25-17-2-1-3-18(14-17)26-12-13-30-23(26)29/h1-11,14H,12-13H2,(H2,24,27)(H,25,28). The molecule has 0 aliphatic carbocycles. The molecule has 31 heavy (non-hydrogen) atoms. The number of carbonyl (C=O) groups is 3. The first-order valence-electron chi connectivity index (χ1n) is 9.53. The number of hydrogen-bond acceptors (Lipinski definition) is 5. The molecule has 3 aromatic rings. The van der Waals surface area contributed by atoms with Crippen molar-refractivity contribution in [3.8, 4) is 11.5 Å². The zero-order valence-electron chi connectivity index (χ0n) is 16.4. The molecule has 0 unspecified atom stereocenters. The monoisotopic (exact) mass is 417 g/mol. The quantitative estimate of drug-likeness (QED) is 0.634. The first kappa shape index (κ1) is 20.0. The number of amides is 3. The van der Waals surface area contributed by atoms with E-state index in [2.05, 4.69) is 5.32 Å². The van der Waals surface area contributed by atoms with Gasteiger partial charge in [0.25, 0.3) is 5.91 Å². The van der Waals surface area contributed by atoms with Crippen LogP contribution in [0.1, 0.15) is 20.7 Å². The van der Waals surface area contributed by atoms with Gasteiger partial charge >= 0.3 is 6.09 Å². The van der Waals surface area contributed by atoms with E-state index in [1.165, 1.54) is 4.90 Å². The fourth-order valence-electron chi connectivity index (χ4n) is 3.08. The van der Waals surface area contributed by atoms with Crippen LogP contribution < -0.4 is 20.7 Å². The average molecular weight is 417 g/mol. The summed E-state index contributed by atoms with van der Waals surface area (Å²) in [6.45, 7) is 0.822. The minimum atomic E-state index is -0.507. The van der Waals surface area contributed by atoms with Gasteiger partial charge in [-0.1, -0.05) is 6.07 Å². The Kier molecular flexibility index (Phi) is 5.53. The molecule has 156 valence electrons. The summed E-state index contributed by atoms with van der Waals surface area (Å²) in [6.07, 6.45) is -0.400. The summed E-state index contributed by atoms with van der Waals surface area (Å²) < 4.78 is 10.7. The SMILES string of the molecule is NC(=O)c1ccc(Oc2ccc(C(=O)Nc3cccc(N4CCOC4=O)c3)cc2)cc1. The van der Waals surface area contributed by atoms with Crippen LogP contribution in [0.4, 0.5) is 16.2 Å². The van der Waals surface area contributed by atoms with Crippen LogP contribution in [0.3, 0.4) is 0 Å². The maximum Gasteiger partial charge on any atom is 0.414 e. The van der Waals surface area contributed by atoms with Gasteiger partial charge in [0, 0.05) is 22.5 Å². The van der Waals surface area contributed by atoms with Gasteiger partial charge in [0.2, 0.25) is 5.91 Å². The number of primary amides is 1. The van der Waals surface area contributed by atoms with Crippen LogP contribution in [0, 0.1) is 0 Å². The number of carbonyl (C=O) groups excluding carboxylic acids is 3. The Labute approximate surface area is 178 Å². The lowest BCUT2D eigenvalue weighted by atomic mass is 10.2. The molecule has 1 saturated heterocycles. The number of nitrogens with two attached hydrogens (primary N) is 1. The van der Waals surface area contributed by atoms with Gasteiger partial charge in [-0.25, -0.2) is 4.79 Å². The van der Waals surface area contributed by atoms with Crippen molar-refractivity contribution < 1.29 is 23.9 Å². The highest BCUT2D eigenvalue weighted by molar-refractivity contribution is 6.04. The van der Waals surface area contributed by atoms with Crippen LogP contribution in [-0.4, -0.2) is 31.1 Å². The molecule has 0 saturated carbocycles. The second-order valence-electron chi connectivity index (χ2n) is 6.79. The maximum atomic E-state index is 12.6. The molecule has 8 heteroatoms. The van der Waals surface area contributed by atoms with E-state index in [4.69, 9.17) is 15.2 Å². The number of benzene rings is 3.